The number of aromatic hydroxyl groups is 1. The Bertz CT molecular complexity index is 1110. The zero-order valence-corrected chi connectivity index (χ0v) is 17.3. The van der Waals surface area contributed by atoms with Crippen molar-refractivity contribution in [3.63, 3.8) is 0 Å². The van der Waals surface area contributed by atoms with E-state index < -0.39 is 17.6 Å². The maximum atomic E-state index is 13.1. The second-order valence-corrected chi connectivity index (χ2v) is 7.80. The van der Waals surface area contributed by atoms with Crippen LogP contribution in [-0.2, 0) is 17.5 Å². The molecule has 2 N–H and O–H groups in total. The van der Waals surface area contributed by atoms with Gasteiger partial charge in [-0.3, -0.25) is 19.6 Å². The predicted molar refractivity (Wildman–Crippen MR) is 115 cm³/mol. The Morgan fingerprint density at radius 3 is 2.50 bits per heavy atom. The number of phenolic OH excluding ortho intramolecular Hbond substituents is 1. The third kappa shape index (κ3) is 5.00. The van der Waals surface area contributed by atoms with Gasteiger partial charge in [0.25, 0.3) is 0 Å². The maximum Gasteiger partial charge on any atom is 0.418 e. The van der Waals surface area contributed by atoms with Crippen molar-refractivity contribution in [2.24, 2.45) is 0 Å². The van der Waals surface area contributed by atoms with Crippen LogP contribution >= 0.6 is 0 Å². The van der Waals surface area contributed by atoms with Crippen LogP contribution in [-0.4, -0.2) is 58.5 Å². The minimum absolute atomic E-state index is 0.0173. The van der Waals surface area contributed by atoms with E-state index >= 15 is 0 Å². The van der Waals surface area contributed by atoms with E-state index in [9.17, 15) is 23.1 Å². The summed E-state index contributed by atoms with van der Waals surface area (Å²) >= 11 is 0. The standard InChI is InChI=1S/C23H23F3N4O2/c24-23(25,26)19-3-1-2-4-20(19)28-22(32)15-30-11-9-29(10-12-30)14-18-17-13-27-8-7-16(17)5-6-21(18)31/h1-8,13,31H,9-12,14-15H2,(H,28,32). The van der Waals surface area contributed by atoms with Gasteiger partial charge in [0.1, 0.15) is 5.75 Å². The molecule has 0 bridgehead atoms. The van der Waals surface area contributed by atoms with Crippen LogP contribution in [0.2, 0.25) is 0 Å². The number of carbonyl (C=O) groups excluding carboxylic acids is 1. The minimum atomic E-state index is -4.53. The molecule has 0 atom stereocenters. The number of anilines is 1. The number of halogens is 3. The van der Waals surface area contributed by atoms with Gasteiger partial charge in [-0.2, -0.15) is 13.2 Å². The van der Waals surface area contributed by atoms with Crippen LogP contribution in [0.15, 0.2) is 54.9 Å². The number of benzene rings is 2. The van der Waals surface area contributed by atoms with E-state index in [0.717, 1.165) is 22.4 Å². The van der Waals surface area contributed by atoms with Gasteiger partial charge in [-0.1, -0.05) is 18.2 Å². The van der Waals surface area contributed by atoms with Crippen molar-refractivity contribution in [1.82, 2.24) is 14.8 Å². The van der Waals surface area contributed by atoms with Gasteiger partial charge in [0.2, 0.25) is 5.91 Å². The SMILES string of the molecule is O=C(CN1CCN(Cc2c(O)ccc3ccncc23)CC1)Nc1ccccc1C(F)(F)F. The second-order valence-electron chi connectivity index (χ2n) is 7.80. The van der Waals surface area contributed by atoms with Crippen LogP contribution in [0, 0.1) is 0 Å². The zero-order chi connectivity index (χ0) is 22.7. The number of phenols is 1. The lowest BCUT2D eigenvalue weighted by atomic mass is 10.0. The Balaban J connectivity index is 1.33. The van der Waals surface area contributed by atoms with Crippen molar-refractivity contribution in [2.45, 2.75) is 12.7 Å². The Kier molecular flexibility index (Phi) is 6.29. The van der Waals surface area contributed by atoms with Crippen molar-refractivity contribution in [3.05, 3.63) is 66.0 Å². The number of alkyl halides is 3. The molecule has 1 amide bonds. The lowest BCUT2D eigenvalue weighted by molar-refractivity contribution is -0.137. The van der Waals surface area contributed by atoms with Gasteiger partial charge in [0, 0.05) is 56.1 Å². The molecule has 9 heteroatoms. The number of nitrogens with zero attached hydrogens (tertiary/aromatic N) is 3. The van der Waals surface area contributed by atoms with Crippen LogP contribution in [0.5, 0.6) is 5.75 Å². The number of nitrogens with one attached hydrogen (secondary N) is 1. The first-order valence-corrected chi connectivity index (χ1v) is 10.3. The molecule has 2 heterocycles. The van der Waals surface area contributed by atoms with E-state index in [2.05, 4.69) is 15.2 Å². The van der Waals surface area contributed by atoms with Crippen molar-refractivity contribution >= 4 is 22.4 Å². The first-order valence-electron chi connectivity index (χ1n) is 10.3. The maximum absolute atomic E-state index is 13.1. The Hall–Kier alpha value is -3.17. The molecule has 1 aliphatic heterocycles. The summed E-state index contributed by atoms with van der Waals surface area (Å²) in [6.07, 6.45) is -1.08. The number of hydrogen-bond donors (Lipinski definition) is 2. The number of aromatic nitrogens is 1. The first-order chi connectivity index (χ1) is 15.3. The predicted octanol–water partition coefficient (Wildman–Crippen LogP) is 3.72. The molecule has 32 heavy (non-hydrogen) atoms. The molecule has 4 rings (SSSR count). The summed E-state index contributed by atoms with van der Waals surface area (Å²) in [5, 5.41) is 14.6. The summed E-state index contributed by atoms with van der Waals surface area (Å²) in [5.74, 6) is -0.261. The van der Waals surface area contributed by atoms with Crippen LogP contribution in [0.4, 0.5) is 18.9 Å². The number of amides is 1. The summed E-state index contributed by atoms with van der Waals surface area (Å²) in [6, 6.07) is 10.4. The Morgan fingerprint density at radius 2 is 1.75 bits per heavy atom. The van der Waals surface area contributed by atoms with Gasteiger partial charge < -0.3 is 10.4 Å². The number of hydrogen-bond acceptors (Lipinski definition) is 5. The quantitative estimate of drug-likeness (QED) is 0.628. The molecule has 0 spiro atoms. The van der Waals surface area contributed by atoms with E-state index in [0.29, 0.717) is 32.7 Å². The summed E-state index contributed by atoms with van der Waals surface area (Å²) in [4.78, 5) is 20.6. The van der Waals surface area contributed by atoms with Crippen molar-refractivity contribution in [2.75, 3.05) is 38.0 Å². The lowest BCUT2D eigenvalue weighted by Gasteiger charge is -2.34. The molecule has 1 fully saturated rings. The molecule has 1 saturated heterocycles. The highest BCUT2D eigenvalue weighted by molar-refractivity contribution is 5.93. The summed E-state index contributed by atoms with van der Waals surface area (Å²) in [6.45, 7) is 3.10. The molecule has 0 radical (unpaired) electrons. The largest absolute Gasteiger partial charge is 0.508 e. The average Bonchev–Trinajstić information content (AvgIpc) is 2.76. The lowest BCUT2D eigenvalue weighted by Crippen LogP contribution is -2.48. The Labute approximate surface area is 183 Å². The summed E-state index contributed by atoms with van der Waals surface area (Å²) < 4.78 is 39.3. The number of fused-ring (bicyclic) bond motifs is 1. The normalized spacial score (nSPS) is 15.7. The van der Waals surface area contributed by atoms with E-state index in [1.54, 1.807) is 18.5 Å². The molecule has 0 aliphatic carbocycles. The highest BCUT2D eigenvalue weighted by Gasteiger charge is 2.33. The van der Waals surface area contributed by atoms with Crippen LogP contribution in [0.3, 0.4) is 0 Å². The van der Waals surface area contributed by atoms with E-state index in [1.165, 1.54) is 18.2 Å². The highest BCUT2D eigenvalue weighted by atomic mass is 19.4. The third-order valence-corrected chi connectivity index (χ3v) is 5.63. The molecular formula is C23H23F3N4O2. The molecule has 0 saturated carbocycles. The number of pyridine rings is 1. The average molecular weight is 444 g/mol. The monoisotopic (exact) mass is 444 g/mol. The first kappa shape index (κ1) is 22.0. The fourth-order valence-corrected chi connectivity index (χ4v) is 3.94. The van der Waals surface area contributed by atoms with Gasteiger partial charge in [0.15, 0.2) is 0 Å². The molecule has 0 unspecified atom stereocenters. The van der Waals surface area contributed by atoms with Crippen LogP contribution < -0.4 is 5.32 Å². The molecule has 2 aromatic carbocycles. The van der Waals surface area contributed by atoms with Gasteiger partial charge in [0.05, 0.1) is 17.8 Å². The van der Waals surface area contributed by atoms with E-state index in [-0.39, 0.29) is 18.0 Å². The summed E-state index contributed by atoms with van der Waals surface area (Å²) in [5.41, 5.74) is -0.281. The van der Waals surface area contributed by atoms with Crippen molar-refractivity contribution in [1.29, 1.82) is 0 Å². The second kappa shape index (κ2) is 9.13. The topological polar surface area (TPSA) is 68.7 Å². The number of rotatable bonds is 5. The number of carbonyl (C=O) groups is 1. The molecular weight excluding hydrogens is 421 g/mol. The molecule has 1 aliphatic rings. The van der Waals surface area contributed by atoms with Crippen LogP contribution in [0.25, 0.3) is 10.8 Å². The smallest absolute Gasteiger partial charge is 0.418 e. The fraction of sp³-hybridized carbons (Fsp3) is 0.304. The highest BCUT2D eigenvalue weighted by Crippen LogP contribution is 2.34. The molecule has 1 aromatic heterocycles. The Morgan fingerprint density at radius 1 is 1.03 bits per heavy atom. The molecule has 6 nitrogen and oxygen atoms in total. The van der Waals surface area contributed by atoms with Gasteiger partial charge in [-0.15, -0.1) is 0 Å². The third-order valence-electron chi connectivity index (χ3n) is 5.63. The van der Waals surface area contributed by atoms with Gasteiger partial charge in [-0.25, -0.2) is 0 Å². The van der Waals surface area contributed by atoms with E-state index in [1.807, 2.05) is 17.0 Å². The fourth-order valence-electron chi connectivity index (χ4n) is 3.94. The van der Waals surface area contributed by atoms with Gasteiger partial charge in [-0.05, 0) is 29.7 Å². The molecule has 3 aromatic rings. The van der Waals surface area contributed by atoms with E-state index in [4.69, 9.17) is 0 Å². The summed E-state index contributed by atoms with van der Waals surface area (Å²) in [7, 11) is 0. The van der Waals surface area contributed by atoms with Gasteiger partial charge >= 0.3 is 6.18 Å². The molecule has 168 valence electrons. The number of para-hydroxylation sites is 1. The minimum Gasteiger partial charge on any atom is -0.508 e. The van der Waals surface area contributed by atoms with Crippen LogP contribution in [0.1, 0.15) is 11.1 Å². The zero-order valence-electron chi connectivity index (χ0n) is 17.3. The number of piperazine rings is 1. The van der Waals surface area contributed by atoms with Crippen molar-refractivity contribution < 1.29 is 23.1 Å². The van der Waals surface area contributed by atoms with Crippen molar-refractivity contribution in [3.8, 4) is 5.75 Å².